The predicted molar refractivity (Wildman–Crippen MR) is 122 cm³/mol. The molecule has 0 aliphatic heterocycles. The van der Waals surface area contributed by atoms with E-state index in [4.69, 9.17) is 4.74 Å². The van der Waals surface area contributed by atoms with E-state index in [1.165, 1.54) is 30.1 Å². The quantitative estimate of drug-likeness (QED) is 0.490. The molecule has 0 heterocycles. The first-order chi connectivity index (χ1) is 15.3. The lowest BCUT2D eigenvalue weighted by molar-refractivity contribution is -0.133. The van der Waals surface area contributed by atoms with E-state index in [-0.39, 0.29) is 10.5 Å². The average molecular weight is 453 g/mol. The molecule has 8 heteroatoms. The van der Waals surface area contributed by atoms with Crippen molar-refractivity contribution >= 4 is 27.6 Å². The normalized spacial score (nSPS) is 10.9. The zero-order valence-corrected chi connectivity index (χ0v) is 18.7. The Kier molecular flexibility index (Phi) is 7.27. The second-order valence-corrected chi connectivity index (χ2v) is 9.05. The monoisotopic (exact) mass is 452 g/mol. The van der Waals surface area contributed by atoms with Crippen LogP contribution in [0.3, 0.4) is 0 Å². The number of benzene rings is 3. The number of rotatable bonds is 8. The smallest absolute Gasteiger partial charge is 0.340 e. The van der Waals surface area contributed by atoms with Crippen LogP contribution in [0.25, 0.3) is 0 Å². The minimum Gasteiger partial charge on any atom is -0.452 e. The van der Waals surface area contributed by atoms with Gasteiger partial charge in [0.25, 0.3) is 15.9 Å². The van der Waals surface area contributed by atoms with E-state index >= 15 is 0 Å². The summed E-state index contributed by atoms with van der Waals surface area (Å²) in [5.41, 5.74) is 1.26. The van der Waals surface area contributed by atoms with Gasteiger partial charge in [-0.15, -0.1) is 0 Å². The second-order valence-electron chi connectivity index (χ2n) is 7.12. The molecule has 0 atom stereocenters. The van der Waals surface area contributed by atoms with E-state index in [9.17, 15) is 18.0 Å². The number of carbonyl (C=O) groups excluding carboxylic acids is 2. The number of nitrogens with zero attached hydrogens (tertiary/aromatic N) is 2. The highest BCUT2D eigenvalue weighted by molar-refractivity contribution is 7.92. The van der Waals surface area contributed by atoms with Crippen molar-refractivity contribution < 1.29 is 22.7 Å². The molecule has 0 unspecified atom stereocenters. The van der Waals surface area contributed by atoms with Crippen LogP contribution in [0.15, 0.2) is 89.8 Å². The van der Waals surface area contributed by atoms with Crippen molar-refractivity contribution in [3.8, 4) is 0 Å². The van der Waals surface area contributed by atoms with E-state index in [0.29, 0.717) is 12.2 Å². The summed E-state index contributed by atoms with van der Waals surface area (Å²) < 4.78 is 32.6. The molecule has 0 saturated heterocycles. The third-order valence-electron chi connectivity index (χ3n) is 4.88. The summed E-state index contributed by atoms with van der Waals surface area (Å²) in [6.07, 6.45) is 0. The molecule has 1 amide bonds. The van der Waals surface area contributed by atoms with Crippen LogP contribution < -0.4 is 4.31 Å². The van der Waals surface area contributed by atoms with Crippen LogP contribution in [0.5, 0.6) is 0 Å². The van der Waals surface area contributed by atoms with E-state index in [1.807, 2.05) is 30.3 Å². The minimum absolute atomic E-state index is 0.131. The number of esters is 1. The molecule has 0 aliphatic carbocycles. The highest BCUT2D eigenvalue weighted by Gasteiger charge is 2.28. The average Bonchev–Trinajstić information content (AvgIpc) is 2.82. The lowest BCUT2D eigenvalue weighted by Crippen LogP contribution is -2.31. The van der Waals surface area contributed by atoms with Crippen molar-refractivity contribution in [1.29, 1.82) is 0 Å². The maximum absolute atomic E-state index is 13.2. The van der Waals surface area contributed by atoms with Gasteiger partial charge in [-0.2, -0.15) is 0 Å². The van der Waals surface area contributed by atoms with Gasteiger partial charge in [0.2, 0.25) is 0 Å². The highest BCUT2D eigenvalue weighted by Crippen LogP contribution is 2.24. The van der Waals surface area contributed by atoms with Crippen LogP contribution in [0.2, 0.25) is 0 Å². The summed E-state index contributed by atoms with van der Waals surface area (Å²) in [4.78, 5) is 26.3. The fourth-order valence-electron chi connectivity index (χ4n) is 3.05. The molecule has 0 spiro atoms. The Bertz CT molecular complexity index is 1180. The van der Waals surface area contributed by atoms with E-state index in [0.717, 1.165) is 9.87 Å². The summed E-state index contributed by atoms with van der Waals surface area (Å²) in [6, 6.07) is 23.7. The Morgan fingerprint density at radius 2 is 1.38 bits per heavy atom. The minimum atomic E-state index is -4.03. The number of para-hydroxylation sites is 1. The maximum atomic E-state index is 13.2. The fraction of sp³-hybridized carbons (Fsp3) is 0.167. The molecule has 0 fully saturated rings. The van der Waals surface area contributed by atoms with Gasteiger partial charge in [-0.25, -0.2) is 13.2 Å². The standard InChI is InChI=1S/C24H24N2O5S/c1-25(17-19-11-5-3-6-12-19)23(27)18-31-24(28)21-15-9-10-16-22(21)32(29,30)26(2)20-13-7-4-8-14-20/h3-16H,17-18H2,1-2H3. The van der Waals surface area contributed by atoms with Gasteiger partial charge in [0, 0.05) is 20.6 Å². The molecule has 0 saturated carbocycles. The Morgan fingerprint density at radius 1 is 0.812 bits per heavy atom. The lowest BCUT2D eigenvalue weighted by Gasteiger charge is -2.21. The van der Waals surface area contributed by atoms with Crippen LogP contribution in [-0.4, -0.2) is 45.9 Å². The Balaban J connectivity index is 1.72. The van der Waals surface area contributed by atoms with Crippen molar-refractivity contribution in [3.05, 3.63) is 96.1 Å². The maximum Gasteiger partial charge on any atom is 0.340 e. The van der Waals surface area contributed by atoms with Crippen molar-refractivity contribution in [2.24, 2.45) is 0 Å². The third-order valence-corrected chi connectivity index (χ3v) is 6.72. The van der Waals surface area contributed by atoms with E-state index in [2.05, 4.69) is 0 Å². The number of ether oxygens (including phenoxy) is 1. The number of likely N-dealkylation sites (N-methyl/N-ethyl adjacent to an activating group) is 1. The van der Waals surface area contributed by atoms with Gasteiger partial charge in [0.15, 0.2) is 6.61 Å². The van der Waals surface area contributed by atoms with Crippen LogP contribution in [0.1, 0.15) is 15.9 Å². The first kappa shape index (κ1) is 23.0. The van der Waals surface area contributed by atoms with Crippen molar-refractivity contribution in [2.45, 2.75) is 11.4 Å². The van der Waals surface area contributed by atoms with Crippen LogP contribution >= 0.6 is 0 Å². The summed E-state index contributed by atoms with van der Waals surface area (Å²) in [7, 11) is -1.01. The van der Waals surface area contributed by atoms with Crippen LogP contribution in [-0.2, 0) is 26.1 Å². The number of amides is 1. The number of anilines is 1. The van der Waals surface area contributed by atoms with Gasteiger partial charge in [-0.05, 0) is 29.8 Å². The van der Waals surface area contributed by atoms with Gasteiger partial charge in [0.05, 0.1) is 11.3 Å². The first-order valence-electron chi connectivity index (χ1n) is 9.88. The summed E-state index contributed by atoms with van der Waals surface area (Å²) in [5, 5.41) is 0. The molecule has 0 N–H and O–H groups in total. The molecule has 0 bridgehead atoms. The summed E-state index contributed by atoms with van der Waals surface area (Å²) in [5.74, 6) is -1.28. The molecule has 0 aliphatic rings. The first-order valence-corrected chi connectivity index (χ1v) is 11.3. The molecular formula is C24H24N2O5S. The fourth-order valence-corrected chi connectivity index (χ4v) is 4.42. The molecule has 7 nitrogen and oxygen atoms in total. The van der Waals surface area contributed by atoms with Crippen molar-refractivity contribution in [1.82, 2.24) is 4.90 Å². The van der Waals surface area contributed by atoms with Crippen molar-refractivity contribution in [3.63, 3.8) is 0 Å². The van der Waals surface area contributed by atoms with E-state index in [1.54, 1.807) is 43.4 Å². The lowest BCUT2D eigenvalue weighted by atomic mass is 10.2. The molecule has 0 radical (unpaired) electrons. The predicted octanol–water partition coefficient (Wildman–Crippen LogP) is 3.33. The van der Waals surface area contributed by atoms with Gasteiger partial charge < -0.3 is 9.64 Å². The summed E-state index contributed by atoms with van der Waals surface area (Å²) in [6.45, 7) is -0.130. The highest BCUT2D eigenvalue weighted by atomic mass is 32.2. The SMILES string of the molecule is CN(Cc1ccccc1)C(=O)COC(=O)c1ccccc1S(=O)(=O)N(C)c1ccccc1. The topological polar surface area (TPSA) is 84.0 Å². The number of carbonyl (C=O) groups is 2. The van der Waals surface area contributed by atoms with Gasteiger partial charge in [-0.3, -0.25) is 9.10 Å². The largest absolute Gasteiger partial charge is 0.452 e. The zero-order valence-electron chi connectivity index (χ0n) is 17.8. The molecule has 166 valence electrons. The van der Waals surface area contributed by atoms with Gasteiger partial charge in [-0.1, -0.05) is 60.7 Å². The second kappa shape index (κ2) is 10.1. The zero-order chi connectivity index (χ0) is 23.1. The third kappa shape index (κ3) is 5.33. The van der Waals surface area contributed by atoms with E-state index < -0.39 is 28.5 Å². The Morgan fingerprint density at radius 3 is 2.03 bits per heavy atom. The molecule has 3 aromatic carbocycles. The number of hydrogen-bond acceptors (Lipinski definition) is 5. The molecule has 32 heavy (non-hydrogen) atoms. The molecule has 3 aromatic rings. The van der Waals surface area contributed by atoms with Gasteiger partial charge in [0.1, 0.15) is 4.90 Å². The number of sulfonamides is 1. The van der Waals surface area contributed by atoms with Crippen molar-refractivity contribution in [2.75, 3.05) is 25.0 Å². The Labute approximate surface area is 187 Å². The Hall–Kier alpha value is -3.65. The molecule has 3 rings (SSSR count). The van der Waals surface area contributed by atoms with Gasteiger partial charge >= 0.3 is 5.97 Å². The molecular weight excluding hydrogens is 428 g/mol. The summed E-state index contributed by atoms with van der Waals surface area (Å²) >= 11 is 0. The molecule has 0 aromatic heterocycles. The number of hydrogen-bond donors (Lipinski definition) is 0. The van der Waals surface area contributed by atoms with Crippen LogP contribution in [0.4, 0.5) is 5.69 Å². The van der Waals surface area contributed by atoms with Crippen LogP contribution in [0, 0.1) is 0 Å².